The molecule has 162 valence electrons. The molecule has 1 aromatic rings. The summed E-state index contributed by atoms with van der Waals surface area (Å²) in [6.45, 7) is 0.287. The number of hydrogen-bond donors (Lipinski definition) is 1. The monoisotopic (exact) mass is 428 g/mol. The van der Waals surface area contributed by atoms with Crippen molar-refractivity contribution in [2.75, 3.05) is 26.1 Å². The van der Waals surface area contributed by atoms with Crippen molar-refractivity contribution in [1.29, 1.82) is 0 Å². The normalized spacial score (nSPS) is 16.4. The Kier molecular flexibility index (Phi) is 7.19. The van der Waals surface area contributed by atoms with E-state index in [4.69, 9.17) is 0 Å². The van der Waals surface area contributed by atoms with Gasteiger partial charge in [0, 0.05) is 24.5 Å². The van der Waals surface area contributed by atoms with Gasteiger partial charge in [0.05, 0.1) is 25.3 Å². The third-order valence-corrected chi connectivity index (χ3v) is 4.34. The number of alkyl halides is 3. The second kappa shape index (κ2) is 9.42. The number of amides is 1. The Morgan fingerprint density at radius 3 is 2.13 bits per heavy atom. The van der Waals surface area contributed by atoms with Gasteiger partial charge < -0.3 is 19.7 Å². The SMILES string of the molecule is COC(=O)c1cc(NC(=O)C2CCCN2/C=C/C(=O)C(F)(F)F)cc(C(=O)OC)c1. The molecule has 0 aliphatic carbocycles. The Bertz CT molecular complexity index is 847. The van der Waals surface area contributed by atoms with Crippen LogP contribution in [0.5, 0.6) is 0 Å². The highest BCUT2D eigenvalue weighted by atomic mass is 19.4. The summed E-state index contributed by atoms with van der Waals surface area (Å²) >= 11 is 0. The lowest BCUT2D eigenvalue weighted by atomic mass is 10.1. The molecule has 0 aromatic heterocycles. The predicted molar refractivity (Wildman–Crippen MR) is 97.7 cm³/mol. The van der Waals surface area contributed by atoms with E-state index < -0.39 is 35.8 Å². The molecule has 1 fully saturated rings. The maximum absolute atomic E-state index is 12.6. The number of nitrogens with zero attached hydrogens (tertiary/aromatic N) is 1. The lowest BCUT2D eigenvalue weighted by Gasteiger charge is -2.22. The third-order valence-electron chi connectivity index (χ3n) is 4.34. The van der Waals surface area contributed by atoms with E-state index in [2.05, 4.69) is 14.8 Å². The Morgan fingerprint density at radius 2 is 1.63 bits per heavy atom. The van der Waals surface area contributed by atoms with E-state index >= 15 is 0 Å². The molecule has 0 spiro atoms. The van der Waals surface area contributed by atoms with Crippen LogP contribution in [-0.4, -0.2) is 61.5 Å². The molecular formula is C19H19F3N2O6. The predicted octanol–water partition coefficient (Wildman–Crippen LogP) is 2.31. The van der Waals surface area contributed by atoms with Gasteiger partial charge in [-0.3, -0.25) is 9.59 Å². The summed E-state index contributed by atoms with van der Waals surface area (Å²) in [5.74, 6) is -4.09. The van der Waals surface area contributed by atoms with E-state index in [0.717, 1.165) is 20.4 Å². The van der Waals surface area contributed by atoms with E-state index in [-0.39, 0.29) is 23.4 Å². The van der Waals surface area contributed by atoms with Crippen LogP contribution in [0.25, 0.3) is 0 Å². The highest BCUT2D eigenvalue weighted by Gasteiger charge is 2.37. The van der Waals surface area contributed by atoms with Gasteiger partial charge in [0.15, 0.2) is 0 Å². The quantitative estimate of drug-likeness (QED) is 0.548. The number of nitrogens with one attached hydrogen (secondary N) is 1. The van der Waals surface area contributed by atoms with E-state index in [1.54, 1.807) is 0 Å². The van der Waals surface area contributed by atoms with Gasteiger partial charge in [0.1, 0.15) is 6.04 Å². The van der Waals surface area contributed by atoms with Gasteiger partial charge in [-0.2, -0.15) is 13.2 Å². The van der Waals surface area contributed by atoms with Crippen molar-refractivity contribution >= 4 is 29.3 Å². The number of hydrogen-bond acceptors (Lipinski definition) is 7. The van der Waals surface area contributed by atoms with Crippen molar-refractivity contribution in [2.45, 2.75) is 25.1 Å². The highest BCUT2D eigenvalue weighted by molar-refractivity contribution is 6.01. The Morgan fingerprint density at radius 1 is 1.07 bits per heavy atom. The summed E-state index contributed by atoms with van der Waals surface area (Å²) in [6.07, 6.45) is -2.81. The molecule has 1 aromatic carbocycles. The second-order valence-corrected chi connectivity index (χ2v) is 6.35. The van der Waals surface area contributed by atoms with Gasteiger partial charge in [0.25, 0.3) is 5.78 Å². The summed E-state index contributed by atoms with van der Waals surface area (Å²) in [5.41, 5.74) is 0.0924. The first-order valence-corrected chi connectivity index (χ1v) is 8.74. The maximum Gasteiger partial charge on any atom is 0.454 e. The van der Waals surface area contributed by atoms with Crippen molar-refractivity contribution in [3.05, 3.63) is 41.6 Å². The molecule has 1 N–H and O–H groups in total. The Hall–Kier alpha value is -3.37. The minimum atomic E-state index is -4.99. The molecular weight excluding hydrogens is 409 g/mol. The highest BCUT2D eigenvalue weighted by Crippen LogP contribution is 2.23. The van der Waals surface area contributed by atoms with Crippen molar-refractivity contribution in [3.8, 4) is 0 Å². The number of halogens is 3. The van der Waals surface area contributed by atoms with Gasteiger partial charge in [-0.15, -0.1) is 0 Å². The molecule has 1 aliphatic rings. The van der Waals surface area contributed by atoms with Gasteiger partial charge in [-0.05, 0) is 31.0 Å². The average molecular weight is 428 g/mol. The van der Waals surface area contributed by atoms with E-state index in [1.807, 2.05) is 0 Å². The molecule has 1 unspecified atom stereocenters. The number of ketones is 1. The molecule has 0 bridgehead atoms. The molecule has 0 radical (unpaired) electrons. The lowest BCUT2D eigenvalue weighted by molar-refractivity contribution is -0.165. The first-order valence-electron chi connectivity index (χ1n) is 8.74. The number of benzene rings is 1. The van der Waals surface area contributed by atoms with Crippen LogP contribution in [0.1, 0.15) is 33.6 Å². The molecule has 1 aliphatic heterocycles. The molecule has 30 heavy (non-hydrogen) atoms. The zero-order chi connectivity index (χ0) is 22.5. The van der Waals surface area contributed by atoms with E-state index in [0.29, 0.717) is 18.9 Å². The summed E-state index contributed by atoms with van der Waals surface area (Å²) in [7, 11) is 2.30. The number of ether oxygens (including phenoxy) is 2. The van der Waals surface area contributed by atoms with Gasteiger partial charge in [-0.25, -0.2) is 9.59 Å². The molecule has 1 amide bonds. The summed E-state index contributed by atoms with van der Waals surface area (Å²) in [5, 5.41) is 2.53. The molecule has 0 saturated carbocycles. The van der Waals surface area contributed by atoms with Crippen LogP contribution in [-0.2, 0) is 19.1 Å². The van der Waals surface area contributed by atoms with Crippen LogP contribution in [0, 0.1) is 0 Å². The first kappa shape index (κ1) is 22.9. The maximum atomic E-state index is 12.6. The van der Waals surface area contributed by atoms with Crippen LogP contribution < -0.4 is 5.32 Å². The average Bonchev–Trinajstić information content (AvgIpc) is 3.18. The third kappa shape index (κ3) is 5.58. The van der Waals surface area contributed by atoms with Crippen LogP contribution >= 0.6 is 0 Å². The van der Waals surface area contributed by atoms with Crippen LogP contribution in [0.4, 0.5) is 18.9 Å². The molecule has 2 rings (SSSR count). The number of likely N-dealkylation sites (tertiary alicyclic amines) is 1. The number of allylic oxidation sites excluding steroid dienone is 1. The van der Waals surface area contributed by atoms with Crippen molar-refractivity contribution in [3.63, 3.8) is 0 Å². The topological polar surface area (TPSA) is 102 Å². The second-order valence-electron chi connectivity index (χ2n) is 6.35. The van der Waals surface area contributed by atoms with Crippen molar-refractivity contribution in [2.24, 2.45) is 0 Å². The van der Waals surface area contributed by atoms with Gasteiger partial charge >= 0.3 is 18.1 Å². The van der Waals surface area contributed by atoms with E-state index in [1.165, 1.54) is 23.1 Å². The summed E-state index contributed by atoms with van der Waals surface area (Å²) < 4.78 is 46.3. The number of esters is 2. The molecule has 11 heteroatoms. The van der Waals surface area contributed by atoms with Gasteiger partial charge in [-0.1, -0.05) is 0 Å². The molecule has 1 atom stereocenters. The Balaban J connectivity index is 2.21. The molecule has 1 saturated heterocycles. The first-order chi connectivity index (χ1) is 14.1. The fraction of sp³-hybridized carbons (Fsp3) is 0.368. The number of carbonyl (C=O) groups excluding carboxylic acids is 4. The molecule has 8 nitrogen and oxygen atoms in total. The largest absolute Gasteiger partial charge is 0.465 e. The Labute approximate surface area is 169 Å². The number of rotatable bonds is 6. The van der Waals surface area contributed by atoms with Crippen LogP contribution in [0.3, 0.4) is 0 Å². The molecule has 1 heterocycles. The van der Waals surface area contributed by atoms with E-state index in [9.17, 15) is 32.3 Å². The van der Waals surface area contributed by atoms with Crippen molar-refractivity contribution < 1.29 is 41.8 Å². The standard InChI is InChI=1S/C19H19F3N2O6/c1-29-17(27)11-8-12(18(28)30-2)10-13(9-11)23-16(26)14-4-3-6-24(14)7-5-15(25)19(20,21)22/h5,7-10,14H,3-4,6H2,1-2H3,(H,23,26)/b7-5+. The van der Waals surface area contributed by atoms with Gasteiger partial charge in [0.2, 0.25) is 5.91 Å². The summed E-state index contributed by atoms with van der Waals surface area (Å²) in [4.78, 5) is 48.6. The lowest BCUT2D eigenvalue weighted by Crippen LogP contribution is -2.37. The van der Waals surface area contributed by atoms with Crippen LogP contribution in [0.2, 0.25) is 0 Å². The smallest absolute Gasteiger partial charge is 0.454 e. The minimum absolute atomic E-state index is 0.00496. The fourth-order valence-corrected chi connectivity index (χ4v) is 2.90. The zero-order valence-corrected chi connectivity index (χ0v) is 16.1. The van der Waals surface area contributed by atoms with Crippen molar-refractivity contribution in [1.82, 2.24) is 4.90 Å². The number of methoxy groups -OCH3 is 2. The minimum Gasteiger partial charge on any atom is -0.465 e. The zero-order valence-electron chi connectivity index (χ0n) is 16.1. The number of carbonyl (C=O) groups is 4. The fourth-order valence-electron chi connectivity index (χ4n) is 2.90. The number of anilines is 1. The van der Waals surface area contributed by atoms with Crippen LogP contribution in [0.15, 0.2) is 30.5 Å². The summed E-state index contributed by atoms with van der Waals surface area (Å²) in [6, 6.07) is 2.99.